The van der Waals surface area contributed by atoms with Crippen LogP contribution < -0.4 is 11.1 Å². The van der Waals surface area contributed by atoms with Crippen LogP contribution in [0.3, 0.4) is 0 Å². The monoisotopic (exact) mass is 591 g/mol. The number of nitrogens with one attached hydrogen (secondary N) is 1. The molecule has 2 fully saturated rings. The number of anilines is 2. The normalized spacial score (nSPS) is 16.7. The Labute approximate surface area is 250 Å². The zero-order chi connectivity index (χ0) is 29.7. The van der Waals surface area contributed by atoms with Gasteiger partial charge < -0.3 is 16.0 Å². The Kier molecular flexibility index (Phi) is 6.43. The van der Waals surface area contributed by atoms with Gasteiger partial charge in [-0.25, -0.2) is 19.3 Å². The molecule has 5 heterocycles. The number of amides is 2. The molecule has 1 spiro atoms. The van der Waals surface area contributed by atoms with Crippen LogP contribution in [0.5, 0.6) is 0 Å². The number of hydrogen-bond acceptors (Lipinski definition) is 7. The minimum Gasteiger partial charge on any atom is -0.382 e. The molecule has 1 aromatic carbocycles. The van der Waals surface area contributed by atoms with Crippen LogP contribution in [0.2, 0.25) is 0 Å². The van der Waals surface area contributed by atoms with E-state index >= 15 is 4.39 Å². The van der Waals surface area contributed by atoms with Gasteiger partial charge in [0.05, 0.1) is 6.04 Å². The van der Waals surface area contributed by atoms with Crippen molar-refractivity contribution in [2.45, 2.75) is 32.2 Å². The van der Waals surface area contributed by atoms with Gasteiger partial charge in [-0.15, -0.1) is 11.3 Å². The molecule has 4 aromatic heterocycles. The minimum absolute atomic E-state index is 0.0682. The molecular formula is C32H26FN7O2S. The van der Waals surface area contributed by atoms with Crippen molar-refractivity contribution in [2.24, 2.45) is 5.41 Å². The van der Waals surface area contributed by atoms with E-state index in [9.17, 15) is 9.59 Å². The Hall–Kier alpha value is -5.08. The van der Waals surface area contributed by atoms with E-state index in [0.29, 0.717) is 29.4 Å². The molecule has 5 aromatic rings. The number of fused-ring (bicyclic) bond motifs is 1. The summed E-state index contributed by atoms with van der Waals surface area (Å²) in [4.78, 5) is 42.2. The first-order valence-corrected chi connectivity index (χ1v) is 14.7. The van der Waals surface area contributed by atoms with Crippen LogP contribution in [0.4, 0.5) is 16.0 Å². The summed E-state index contributed by atoms with van der Waals surface area (Å²) in [5.74, 6) is 5.09. The second-order valence-corrected chi connectivity index (χ2v) is 11.9. The molecule has 1 aliphatic carbocycles. The van der Waals surface area contributed by atoms with Crippen molar-refractivity contribution in [2.75, 3.05) is 17.6 Å². The predicted molar refractivity (Wildman–Crippen MR) is 162 cm³/mol. The van der Waals surface area contributed by atoms with Crippen molar-refractivity contribution in [3.63, 3.8) is 0 Å². The lowest BCUT2D eigenvalue weighted by Gasteiger charge is -2.21. The molecule has 2 aliphatic rings. The van der Waals surface area contributed by atoms with Crippen LogP contribution in [-0.2, 0) is 4.79 Å². The molecule has 0 radical (unpaired) electrons. The SMILES string of the molecule is CC#CC(=O)N1CC2(CC2)C[C@H]1c1nc(-c2ccc(C(=O)Nc3cc(-c4cccs4)ccn3)cc2F)c2c(N)nccn12. The number of thiophene rings is 1. The van der Waals surface area contributed by atoms with Gasteiger partial charge in [-0.2, -0.15) is 0 Å². The molecule has 3 N–H and O–H groups in total. The van der Waals surface area contributed by atoms with E-state index in [0.717, 1.165) is 29.7 Å². The molecule has 1 atom stereocenters. The molecule has 214 valence electrons. The number of hydrogen-bond donors (Lipinski definition) is 2. The fourth-order valence-corrected chi connectivity index (χ4v) is 6.58. The van der Waals surface area contributed by atoms with E-state index in [-0.39, 0.29) is 34.3 Å². The van der Waals surface area contributed by atoms with E-state index in [2.05, 4.69) is 27.1 Å². The topological polar surface area (TPSA) is 119 Å². The third-order valence-corrected chi connectivity index (χ3v) is 9.08. The lowest BCUT2D eigenvalue weighted by Crippen LogP contribution is -2.31. The number of nitrogen functional groups attached to an aromatic ring is 1. The Morgan fingerprint density at radius 1 is 1.16 bits per heavy atom. The van der Waals surface area contributed by atoms with Gasteiger partial charge in [-0.05, 0) is 84.9 Å². The van der Waals surface area contributed by atoms with Gasteiger partial charge in [0.25, 0.3) is 11.8 Å². The number of carbonyl (C=O) groups excluding carboxylic acids is 2. The first-order valence-electron chi connectivity index (χ1n) is 13.8. The molecule has 11 heteroatoms. The number of benzene rings is 1. The highest BCUT2D eigenvalue weighted by molar-refractivity contribution is 7.13. The highest BCUT2D eigenvalue weighted by Gasteiger charge is 2.54. The van der Waals surface area contributed by atoms with E-state index < -0.39 is 11.7 Å². The van der Waals surface area contributed by atoms with Crippen LogP contribution in [0, 0.1) is 23.1 Å². The summed E-state index contributed by atoms with van der Waals surface area (Å²) in [6, 6.07) is 11.5. The van der Waals surface area contributed by atoms with Gasteiger partial charge in [0.1, 0.15) is 34.5 Å². The molecule has 9 nitrogen and oxygen atoms in total. The number of imidazole rings is 1. The average molecular weight is 592 g/mol. The van der Waals surface area contributed by atoms with Crippen LogP contribution >= 0.6 is 11.3 Å². The zero-order valence-electron chi connectivity index (χ0n) is 23.2. The van der Waals surface area contributed by atoms with Crippen LogP contribution in [-0.4, -0.2) is 42.6 Å². The van der Waals surface area contributed by atoms with Gasteiger partial charge in [-0.3, -0.25) is 14.0 Å². The molecule has 0 unspecified atom stereocenters. The van der Waals surface area contributed by atoms with Gasteiger partial charge >= 0.3 is 0 Å². The summed E-state index contributed by atoms with van der Waals surface area (Å²) in [6.45, 7) is 2.25. The highest BCUT2D eigenvalue weighted by atomic mass is 32.1. The lowest BCUT2D eigenvalue weighted by atomic mass is 10.0. The average Bonchev–Trinajstić information content (AvgIpc) is 3.35. The van der Waals surface area contributed by atoms with E-state index in [1.807, 2.05) is 23.6 Å². The van der Waals surface area contributed by atoms with Crippen molar-refractivity contribution < 1.29 is 14.0 Å². The number of rotatable bonds is 5. The van der Waals surface area contributed by atoms with Crippen molar-refractivity contribution >= 4 is 40.3 Å². The Morgan fingerprint density at radius 2 is 2.02 bits per heavy atom. The predicted octanol–water partition coefficient (Wildman–Crippen LogP) is 5.57. The van der Waals surface area contributed by atoms with Gasteiger partial charge in [-0.1, -0.05) is 12.0 Å². The Bertz CT molecular complexity index is 1970. The Morgan fingerprint density at radius 3 is 2.77 bits per heavy atom. The van der Waals surface area contributed by atoms with Gasteiger partial charge in [0, 0.05) is 41.1 Å². The van der Waals surface area contributed by atoms with Crippen molar-refractivity contribution in [3.05, 3.63) is 83.6 Å². The third-order valence-electron chi connectivity index (χ3n) is 8.16. The maximum atomic E-state index is 15.8. The number of aromatic nitrogens is 4. The second-order valence-electron chi connectivity index (χ2n) is 10.9. The summed E-state index contributed by atoms with van der Waals surface area (Å²) in [6.07, 6.45) is 7.72. The first-order chi connectivity index (χ1) is 20.9. The lowest BCUT2D eigenvalue weighted by molar-refractivity contribution is -0.126. The van der Waals surface area contributed by atoms with E-state index in [4.69, 9.17) is 10.7 Å². The van der Waals surface area contributed by atoms with Crippen LogP contribution in [0.15, 0.2) is 66.4 Å². The fraction of sp³-hybridized carbons (Fsp3) is 0.219. The molecule has 43 heavy (non-hydrogen) atoms. The molecule has 1 saturated carbocycles. The minimum atomic E-state index is -0.641. The molecule has 0 bridgehead atoms. The van der Waals surface area contributed by atoms with Crippen LogP contribution in [0.1, 0.15) is 48.4 Å². The van der Waals surface area contributed by atoms with Gasteiger partial charge in [0.2, 0.25) is 0 Å². The molecule has 7 rings (SSSR count). The Balaban J connectivity index is 1.22. The second kappa shape index (κ2) is 10.3. The standard InChI is InChI=1S/C32H26FN7O2S/c1-2-4-26(41)40-18-32(9-10-32)17-23(40)30-38-27(28-29(34)36-12-13-39(28)30)21-7-6-20(15-22(21)33)31(42)37-25-16-19(8-11-35-25)24-5-3-14-43-24/h3,5-8,11-16,23H,9-10,17-18H2,1H3,(H2,34,36)(H,35,37,42)/t23-/m0/s1. The van der Waals surface area contributed by atoms with Gasteiger partial charge in [0.15, 0.2) is 0 Å². The number of nitrogens with two attached hydrogens (primary N) is 1. The maximum absolute atomic E-state index is 15.8. The number of halogens is 1. The van der Waals surface area contributed by atoms with Crippen molar-refractivity contribution in [3.8, 4) is 33.5 Å². The summed E-state index contributed by atoms with van der Waals surface area (Å²) in [7, 11) is 0. The zero-order valence-corrected chi connectivity index (χ0v) is 24.0. The molecule has 2 amide bonds. The number of carbonyl (C=O) groups is 2. The van der Waals surface area contributed by atoms with E-state index in [1.165, 1.54) is 18.2 Å². The quantitative estimate of drug-likeness (QED) is 0.258. The fourth-order valence-electron chi connectivity index (χ4n) is 5.86. The number of nitrogens with zero attached hydrogens (tertiary/aromatic N) is 5. The summed E-state index contributed by atoms with van der Waals surface area (Å²) < 4.78 is 17.6. The van der Waals surface area contributed by atoms with E-state index in [1.54, 1.807) is 52.2 Å². The molecule has 1 aliphatic heterocycles. The third kappa shape index (κ3) is 4.79. The highest BCUT2D eigenvalue weighted by Crippen LogP contribution is 2.58. The molecular weight excluding hydrogens is 565 g/mol. The smallest absolute Gasteiger partial charge is 0.299 e. The maximum Gasteiger partial charge on any atom is 0.299 e. The van der Waals surface area contributed by atoms with Crippen molar-refractivity contribution in [1.29, 1.82) is 0 Å². The first kappa shape index (κ1) is 26.8. The van der Waals surface area contributed by atoms with Crippen molar-refractivity contribution in [1.82, 2.24) is 24.3 Å². The largest absolute Gasteiger partial charge is 0.382 e. The summed E-state index contributed by atoms with van der Waals surface area (Å²) in [5, 5.41) is 4.73. The summed E-state index contributed by atoms with van der Waals surface area (Å²) >= 11 is 1.58. The number of likely N-dealkylation sites (tertiary alicyclic amines) is 1. The molecule has 1 saturated heterocycles. The number of pyridine rings is 1. The summed E-state index contributed by atoms with van der Waals surface area (Å²) in [5.41, 5.74) is 8.33. The van der Waals surface area contributed by atoms with Crippen LogP contribution in [0.25, 0.3) is 27.2 Å².